The monoisotopic (exact) mass is 424 g/mol. The molecule has 0 saturated carbocycles. The minimum absolute atomic E-state index is 0.238. The number of hydrogen-bond donors (Lipinski definition) is 1. The van der Waals surface area contributed by atoms with E-state index in [-0.39, 0.29) is 5.91 Å². The van der Waals surface area contributed by atoms with Gasteiger partial charge >= 0.3 is 0 Å². The Morgan fingerprint density at radius 1 is 0.871 bits per heavy atom. The third-order valence-corrected chi connectivity index (χ3v) is 5.27. The maximum atomic E-state index is 13.0. The summed E-state index contributed by atoms with van der Waals surface area (Å²) in [5.74, 6) is 0.812. The third-order valence-electron chi connectivity index (χ3n) is 4.76. The molecule has 0 aliphatic carbocycles. The maximum absolute atomic E-state index is 13.0. The summed E-state index contributed by atoms with van der Waals surface area (Å²) in [7, 11) is 0. The molecule has 0 saturated heterocycles. The molecule has 31 heavy (non-hydrogen) atoms. The molecule has 2 heterocycles. The number of hydrogen-bond acceptors (Lipinski definition) is 6. The van der Waals surface area contributed by atoms with Gasteiger partial charge < -0.3 is 9.73 Å². The van der Waals surface area contributed by atoms with E-state index in [0.717, 1.165) is 16.8 Å². The Morgan fingerprint density at radius 2 is 1.65 bits per heavy atom. The van der Waals surface area contributed by atoms with Gasteiger partial charge in [-0.25, -0.2) is 4.98 Å². The van der Waals surface area contributed by atoms with E-state index in [1.165, 1.54) is 11.5 Å². The van der Waals surface area contributed by atoms with E-state index in [9.17, 15) is 4.79 Å². The van der Waals surface area contributed by atoms with E-state index in [4.69, 9.17) is 4.42 Å². The van der Waals surface area contributed by atoms with Gasteiger partial charge in [-0.3, -0.25) is 4.79 Å². The van der Waals surface area contributed by atoms with Crippen LogP contribution in [0.2, 0.25) is 0 Å². The Morgan fingerprint density at radius 3 is 2.42 bits per heavy atom. The highest BCUT2D eigenvalue weighted by Crippen LogP contribution is 2.29. The fraction of sp³-hybridized carbons (Fsp3) is 0. The number of carbonyl (C=O) groups excluding carboxylic acids is 1. The van der Waals surface area contributed by atoms with Gasteiger partial charge in [0.15, 0.2) is 5.76 Å². The zero-order chi connectivity index (χ0) is 21.0. The zero-order valence-corrected chi connectivity index (χ0v) is 17.0. The molecule has 150 valence electrons. The molecule has 1 N–H and O–H groups in total. The average molecular weight is 424 g/mol. The molecule has 0 atom stereocenters. The van der Waals surface area contributed by atoms with Crippen molar-refractivity contribution < 1.29 is 9.21 Å². The van der Waals surface area contributed by atoms with Crippen LogP contribution in [0.15, 0.2) is 94.9 Å². The van der Waals surface area contributed by atoms with Crippen molar-refractivity contribution in [3.05, 3.63) is 96.0 Å². The number of carbonyl (C=O) groups is 1. The lowest BCUT2D eigenvalue weighted by atomic mass is 10.1. The zero-order valence-electron chi connectivity index (χ0n) is 16.2. The van der Waals surface area contributed by atoms with Gasteiger partial charge in [0.2, 0.25) is 5.89 Å². The number of benzene rings is 3. The van der Waals surface area contributed by atoms with E-state index >= 15 is 0 Å². The third kappa shape index (κ3) is 3.99. The van der Waals surface area contributed by atoms with Crippen molar-refractivity contribution in [3.8, 4) is 34.0 Å². The van der Waals surface area contributed by atoms with Crippen LogP contribution in [-0.2, 0) is 0 Å². The molecule has 3 aromatic carbocycles. The molecule has 0 aliphatic rings. The number of aromatic nitrogens is 3. The van der Waals surface area contributed by atoms with Crippen molar-refractivity contribution in [2.24, 2.45) is 0 Å². The lowest BCUT2D eigenvalue weighted by Gasteiger charge is -2.09. The smallest absolute Gasteiger partial charge is 0.256 e. The molecule has 1 amide bonds. The minimum Gasteiger partial charge on any atom is -0.436 e. The van der Waals surface area contributed by atoms with Crippen LogP contribution in [0.25, 0.3) is 34.0 Å². The minimum atomic E-state index is -0.238. The molecule has 0 unspecified atom stereocenters. The van der Waals surface area contributed by atoms with Gasteiger partial charge in [0, 0.05) is 27.8 Å². The summed E-state index contributed by atoms with van der Waals surface area (Å²) < 4.78 is 9.83. The van der Waals surface area contributed by atoms with Crippen LogP contribution in [0.5, 0.6) is 0 Å². The second-order valence-electron chi connectivity index (χ2n) is 6.76. The van der Waals surface area contributed by atoms with E-state index in [0.29, 0.717) is 28.5 Å². The summed E-state index contributed by atoms with van der Waals surface area (Å²) >= 11 is 1.30. The molecule has 5 rings (SSSR count). The summed E-state index contributed by atoms with van der Waals surface area (Å²) in [6, 6.07) is 24.5. The molecule has 0 spiro atoms. The first-order chi connectivity index (χ1) is 15.3. The molecule has 7 heteroatoms. The Hall–Kier alpha value is -4.10. The summed E-state index contributed by atoms with van der Waals surface area (Å²) in [5.41, 5.74) is 4.48. The molecular weight excluding hydrogens is 408 g/mol. The highest BCUT2D eigenvalue weighted by atomic mass is 32.1. The van der Waals surface area contributed by atoms with Gasteiger partial charge in [-0.15, -0.1) is 5.10 Å². The SMILES string of the molecule is O=C(Nc1ccc(-c2csnn2)cc1)c1ccccc1-c1ncc(-c2ccccc2)o1. The van der Waals surface area contributed by atoms with E-state index in [1.54, 1.807) is 12.3 Å². The number of anilines is 1. The van der Waals surface area contributed by atoms with Crippen molar-refractivity contribution in [1.82, 2.24) is 14.6 Å². The highest BCUT2D eigenvalue weighted by Gasteiger charge is 2.17. The molecule has 5 aromatic rings. The predicted octanol–water partition coefficient (Wildman–Crippen LogP) is 5.78. The van der Waals surface area contributed by atoms with Crippen LogP contribution in [0.1, 0.15) is 10.4 Å². The first kappa shape index (κ1) is 18.9. The van der Waals surface area contributed by atoms with Crippen LogP contribution in [-0.4, -0.2) is 20.5 Å². The Kier molecular flexibility index (Phi) is 5.08. The van der Waals surface area contributed by atoms with Gasteiger partial charge in [0.05, 0.1) is 11.8 Å². The molecule has 0 fully saturated rings. The van der Waals surface area contributed by atoms with Crippen molar-refractivity contribution in [2.75, 3.05) is 5.32 Å². The van der Waals surface area contributed by atoms with Crippen LogP contribution in [0.3, 0.4) is 0 Å². The number of nitrogens with one attached hydrogen (secondary N) is 1. The summed E-state index contributed by atoms with van der Waals surface area (Å²) in [6.07, 6.45) is 1.67. The number of oxazole rings is 1. The Balaban J connectivity index is 1.39. The largest absolute Gasteiger partial charge is 0.436 e. The quantitative estimate of drug-likeness (QED) is 0.387. The number of rotatable bonds is 5. The van der Waals surface area contributed by atoms with Gasteiger partial charge in [0.25, 0.3) is 5.91 Å². The van der Waals surface area contributed by atoms with Gasteiger partial charge in [0.1, 0.15) is 5.69 Å². The lowest BCUT2D eigenvalue weighted by Crippen LogP contribution is -2.13. The number of amides is 1. The van der Waals surface area contributed by atoms with Crippen molar-refractivity contribution >= 4 is 23.1 Å². The molecular formula is C24H16N4O2S. The van der Waals surface area contributed by atoms with Gasteiger partial charge in [-0.2, -0.15) is 0 Å². The summed E-state index contributed by atoms with van der Waals surface area (Å²) in [4.78, 5) is 17.4. The van der Waals surface area contributed by atoms with E-state index in [1.807, 2.05) is 78.2 Å². The lowest BCUT2D eigenvalue weighted by molar-refractivity contribution is 0.102. The van der Waals surface area contributed by atoms with Crippen LogP contribution in [0.4, 0.5) is 5.69 Å². The first-order valence-electron chi connectivity index (χ1n) is 9.57. The van der Waals surface area contributed by atoms with E-state index < -0.39 is 0 Å². The molecule has 0 aliphatic heterocycles. The standard InChI is InChI=1S/C24H16N4O2S/c29-23(26-18-12-10-16(11-13-18)21-15-31-28-27-21)19-8-4-5-9-20(19)24-25-14-22(30-24)17-6-2-1-3-7-17/h1-15H,(H,26,29). The van der Waals surface area contributed by atoms with Gasteiger partial charge in [-0.1, -0.05) is 59.1 Å². The van der Waals surface area contributed by atoms with E-state index in [2.05, 4.69) is 19.9 Å². The molecule has 6 nitrogen and oxygen atoms in total. The molecule has 2 aromatic heterocycles. The maximum Gasteiger partial charge on any atom is 0.256 e. The summed E-state index contributed by atoms with van der Waals surface area (Å²) in [6.45, 7) is 0. The second kappa shape index (κ2) is 8.33. The Labute approximate surface area is 182 Å². The van der Waals surface area contributed by atoms with Crippen molar-refractivity contribution in [3.63, 3.8) is 0 Å². The Bertz CT molecular complexity index is 1310. The van der Waals surface area contributed by atoms with Crippen molar-refractivity contribution in [2.45, 2.75) is 0 Å². The van der Waals surface area contributed by atoms with Gasteiger partial charge in [-0.05, 0) is 35.8 Å². The van der Waals surface area contributed by atoms with Crippen LogP contribution in [0, 0.1) is 0 Å². The normalized spacial score (nSPS) is 10.7. The van der Waals surface area contributed by atoms with Crippen LogP contribution < -0.4 is 5.32 Å². The van der Waals surface area contributed by atoms with Crippen LogP contribution >= 0.6 is 11.5 Å². The van der Waals surface area contributed by atoms with Crippen molar-refractivity contribution in [1.29, 1.82) is 0 Å². The molecule has 0 bridgehead atoms. The average Bonchev–Trinajstić information content (AvgIpc) is 3.53. The fourth-order valence-electron chi connectivity index (χ4n) is 3.22. The first-order valence-corrected chi connectivity index (χ1v) is 10.4. The predicted molar refractivity (Wildman–Crippen MR) is 121 cm³/mol. The molecule has 0 radical (unpaired) electrons. The topological polar surface area (TPSA) is 80.9 Å². The highest BCUT2D eigenvalue weighted by molar-refractivity contribution is 7.03. The number of nitrogens with zero attached hydrogens (tertiary/aromatic N) is 3. The second-order valence-corrected chi connectivity index (χ2v) is 7.37. The fourth-order valence-corrected chi connectivity index (χ4v) is 3.68. The summed E-state index contributed by atoms with van der Waals surface area (Å²) in [5, 5.41) is 8.87.